The van der Waals surface area contributed by atoms with Crippen LogP contribution in [0.15, 0.2) is 16.7 Å². The van der Waals surface area contributed by atoms with Crippen molar-refractivity contribution in [2.45, 2.75) is 11.8 Å². The van der Waals surface area contributed by atoms with Gasteiger partial charge in [0.1, 0.15) is 6.04 Å². The van der Waals surface area contributed by atoms with Gasteiger partial charge in [0, 0.05) is 17.1 Å². The minimum atomic E-state index is -1.04. The number of ether oxygens (including phenoxy) is 1. The van der Waals surface area contributed by atoms with Gasteiger partial charge in [-0.1, -0.05) is 0 Å². The number of rotatable bonds is 6. The molecule has 0 amide bonds. The van der Waals surface area contributed by atoms with E-state index in [2.05, 4.69) is 4.74 Å². The maximum Gasteiger partial charge on any atom is 0.374 e. The van der Waals surface area contributed by atoms with Crippen LogP contribution in [0.25, 0.3) is 0 Å². The second-order valence-corrected chi connectivity index (χ2v) is 4.26. The highest BCUT2D eigenvalue weighted by molar-refractivity contribution is 7.98. The molecule has 6 nitrogen and oxygen atoms in total. The summed E-state index contributed by atoms with van der Waals surface area (Å²) in [5.41, 5.74) is 6.01. The largest absolute Gasteiger partial charge is 0.480 e. The molecule has 1 heterocycles. The molecular weight excluding hydrogens is 246 g/mol. The Morgan fingerprint density at radius 1 is 1.65 bits per heavy atom. The molecule has 3 N–H and O–H groups in total. The Morgan fingerprint density at radius 3 is 2.94 bits per heavy atom. The second-order valence-electron chi connectivity index (χ2n) is 3.23. The summed E-state index contributed by atoms with van der Waals surface area (Å²) in [7, 11) is 1.27. The summed E-state index contributed by atoms with van der Waals surface area (Å²) >= 11 is 1.32. The molecule has 7 heteroatoms. The van der Waals surface area contributed by atoms with E-state index < -0.39 is 18.0 Å². The van der Waals surface area contributed by atoms with Crippen molar-refractivity contribution in [3.63, 3.8) is 0 Å². The Bertz CT molecular complexity index is 403. The third-order valence-corrected chi connectivity index (χ3v) is 3.10. The normalized spacial score (nSPS) is 12.1. The fraction of sp³-hybridized carbons (Fsp3) is 0.400. The van der Waals surface area contributed by atoms with E-state index in [9.17, 15) is 9.59 Å². The van der Waals surface area contributed by atoms with Crippen molar-refractivity contribution >= 4 is 23.7 Å². The number of carboxylic acid groups (broad SMARTS) is 1. The molecule has 0 spiro atoms. The summed E-state index contributed by atoms with van der Waals surface area (Å²) in [4.78, 5) is 21.7. The Morgan fingerprint density at radius 2 is 2.35 bits per heavy atom. The van der Waals surface area contributed by atoms with Crippen LogP contribution in [-0.4, -0.2) is 35.9 Å². The van der Waals surface area contributed by atoms with Crippen LogP contribution in [0.2, 0.25) is 0 Å². The smallest absolute Gasteiger partial charge is 0.374 e. The van der Waals surface area contributed by atoms with Crippen molar-refractivity contribution in [3.05, 3.63) is 23.7 Å². The number of hydrogen-bond acceptors (Lipinski definition) is 6. The first kappa shape index (κ1) is 13.6. The fourth-order valence-electron chi connectivity index (χ4n) is 1.09. The highest BCUT2D eigenvalue weighted by Gasteiger charge is 2.17. The van der Waals surface area contributed by atoms with Gasteiger partial charge in [-0.2, -0.15) is 11.8 Å². The van der Waals surface area contributed by atoms with Gasteiger partial charge < -0.3 is 20.0 Å². The summed E-state index contributed by atoms with van der Waals surface area (Å²) in [6, 6.07) is 0.736. The number of carbonyl (C=O) groups is 2. The van der Waals surface area contributed by atoms with Crippen LogP contribution in [0.5, 0.6) is 0 Å². The molecule has 0 saturated heterocycles. The Balaban J connectivity index is 2.50. The number of nitrogens with two attached hydrogens (primary N) is 1. The number of esters is 1. The molecule has 1 aromatic rings. The molecule has 1 rings (SSSR count). The van der Waals surface area contributed by atoms with Crippen molar-refractivity contribution < 1.29 is 23.8 Å². The molecule has 0 aliphatic rings. The topological polar surface area (TPSA) is 103 Å². The van der Waals surface area contributed by atoms with E-state index >= 15 is 0 Å². The van der Waals surface area contributed by atoms with E-state index in [4.69, 9.17) is 15.3 Å². The first-order chi connectivity index (χ1) is 8.06. The van der Waals surface area contributed by atoms with Gasteiger partial charge >= 0.3 is 11.9 Å². The van der Waals surface area contributed by atoms with Gasteiger partial charge in [-0.3, -0.25) is 4.79 Å². The van der Waals surface area contributed by atoms with Crippen LogP contribution in [0.4, 0.5) is 0 Å². The number of aliphatic carboxylic acids is 1. The number of hydrogen-bond donors (Lipinski definition) is 2. The molecule has 0 saturated carbocycles. The molecule has 0 fully saturated rings. The Labute approximate surface area is 102 Å². The zero-order valence-electron chi connectivity index (χ0n) is 9.21. The SMILES string of the molecule is COC(=O)c1occc1CSC[C@@H](N)C(=O)O. The molecule has 0 aliphatic heterocycles. The number of carboxylic acids is 1. The molecule has 0 unspecified atom stereocenters. The average molecular weight is 259 g/mol. The van der Waals surface area contributed by atoms with Gasteiger partial charge in [0.25, 0.3) is 0 Å². The summed E-state index contributed by atoms with van der Waals surface area (Å²) < 4.78 is 9.53. The first-order valence-electron chi connectivity index (χ1n) is 4.77. The number of thioether (sulfide) groups is 1. The average Bonchev–Trinajstić information content (AvgIpc) is 2.76. The standard InChI is InChI=1S/C10H13NO5S/c1-15-10(14)8-6(2-3-16-8)4-17-5-7(11)9(12)13/h2-3,7H,4-5,11H2,1H3,(H,12,13)/t7-/m1/s1. The van der Waals surface area contributed by atoms with Crippen LogP contribution in [0.1, 0.15) is 16.1 Å². The van der Waals surface area contributed by atoms with Gasteiger partial charge in [-0.25, -0.2) is 4.79 Å². The van der Waals surface area contributed by atoms with Gasteiger partial charge in [-0.05, 0) is 6.07 Å². The lowest BCUT2D eigenvalue weighted by atomic mass is 10.3. The van der Waals surface area contributed by atoms with E-state index in [0.29, 0.717) is 11.3 Å². The molecule has 0 aromatic carbocycles. The lowest BCUT2D eigenvalue weighted by Crippen LogP contribution is -2.32. The van der Waals surface area contributed by atoms with E-state index in [1.165, 1.54) is 25.1 Å². The molecule has 1 aromatic heterocycles. The maximum absolute atomic E-state index is 11.3. The molecule has 17 heavy (non-hydrogen) atoms. The van der Waals surface area contributed by atoms with Crippen molar-refractivity contribution in [1.82, 2.24) is 0 Å². The lowest BCUT2D eigenvalue weighted by Gasteiger charge is -2.05. The third kappa shape index (κ3) is 3.79. The second kappa shape index (κ2) is 6.31. The molecule has 94 valence electrons. The van der Waals surface area contributed by atoms with E-state index in [0.717, 1.165) is 0 Å². The quantitative estimate of drug-likeness (QED) is 0.725. The first-order valence-corrected chi connectivity index (χ1v) is 5.92. The van der Waals surface area contributed by atoms with Crippen molar-refractivity contribution in [2.24, 2.45) is 5.73 Å². The summed E-state index contributed by atoms with van der Waals surface area (Å²) in [5.74, 6) is -0.738. The van der Waals surface area contributed by atoms with Crippen LogP contribution >= 0.6 is 11.8 Å². The van der Waals surface area contributed by atoms with Crippen molar-refractivity contribution in [1.29, 1.82) is 0 Å². The predicted molar refractivity (Wildman–Crippen MR) is 61.8 cm³/mol. The monoisotopic (exact) mass is 259 g/mol. The highest BCUT2D eigenvalue weighted by Crippen LogP contribution is 2.19. The zero-order valence-corrected chi connectivity index (χ0v) is 10.0. The summed E-state index contributed by atoms with van der Waals surface area (Å²) in [6.45, 7) is 0. The summed E-state index contributed by atoms with van der Waals surface area (Å²) in [6.07, 6.45) is 1.39. The predicted octanol–water partition coefficient (Wildman–Crippen LogP) is 0.711. The Hall–Kier alpha value is -1.47. The van der Waals surface area contributed by atoms with E-state index in [1.807, 2.05) is 0 Å². The Kier molecular flexibility index (Phi) is 5.05. The van der Waals surface area contributed by atoms with Crippen molar-refractivity contribution in [3.8, 4) is 0 Å². The number of methoxy groups -OCH3 is 1. The molecule has 0 aliphatic carbocycles. The number of carbonyl (C=O) groups excluding carboxylic acids is 1. The minimum Gasteiger partial charge on any atom is -0.480 e. The molecular formula is C10H13NO5S. The molecule has 0 bridgehead atoms. The van der Waals surface area contributed by atoms with Gasteiger partial charge in [0.2, 0.25) is 5.76 Å². The van der Waals surface area contributed by atoms with Crippen LogP contribution in [0.3, 0.4) is 0 Å². The van der Waals surface area contributed by atoms with Gasteiger partial charge in [0.15, 0.2) is 0 Å². The zero-order chi connectivity index (χ0) is 12.8. The maximum atomic E-state index is 11.3. The third-order valence-electron chi connectivity index (χ3n) is 1.99. The minimum absolute atomic E-state index is 0.142. The lowest BCUT2D eigenvalue weighted by molar-refractivity contribution is -0.137. The van der Waals surface area contributed by atoms with Crippen molar-refractivity contribution in [2.75, 3.05) is 12.9 Å². The fourth-order valence-corrected chi connectivity index (χ4v) is 2.05. The molecule has 1 atom stereocenters. The van der Waals surface area contributed by atoms with Crippen LogP contribution in [0, 0.1) is 0 Å². The van der Waals surface area contributed by atoms with E-state index in [-0.39, 0.29) is 11.5 Å². The highest BCUT2D eigenvalue weighted by atomic mass is 32.2. The number of furan rings is 1. The van der Waals surface area contributed by atoms with Gasteiger partial charge in [0.05, 0.1) is 13.4 Å². The van der Waals surface area contributed by atoms with E-state index in [1.54, 1.807) is 6.07 Å². The van der Waals surface area contributed by atoms with Crippen LogP contribution in [-0.2, 0) is 15.3 Å². The summed E-state index contributed by atoms with van der Waals surface area (Å²) in [5, 5.41) is 8.59. The molecule has 0 radical (unpaired) electrons. The van der Waals surface area contributed by atoms with Crippen LogP contribution < -0.4 is 5.73 Å². The van der Waals surface area contributed by atoms with Gasteiger partial charge in [-0.15, -0.1) is 0 Å².